The molecule has 0 saturated heterocycles. The first-order valence-corrected chi connectivity index (χ1v) is 6.02. The molecule has 0 heterocycles. The second-order valence-electron chi connectivity index (χ2n) is 4.27. The highest BCUT2D eigenvalue weighted by Crippen LogP contribution is 2.21. The van der Waals surface area contributed by atoms with Gasteiger partial charge in [0.2, 0.25) is 12.2 Å². The van der Waals surface area contributed by atoms with Crippen LogP contribution in [0.5, 0.6) is 0 Å². The van der Waals surface area contributed by atoms with Gasteiger partial charge >= 0.3 is 0 Å². The third-order valence-corrected chi connectivity index (χ3v) is 3.13. The van der Waals surface area contributed by atoms with E-state index in [1.54, 1.807) is 12.2 Å². The molecule has 0 N–H and O–H groups in total. The molecule has 0 spiro atoms. The van der Waals surface area contributed by atoms with Crippen molar-refractivity contribution in [2.45, 2.75) is 63.5 Å². The zero-order chi connectivity index (χ0) is 11.6. The van der Waals surface area contributed by atoms with Crippen LogP contribution in [0.3, 0.4) is 0 Å². The molecular weight excluding hydrogens is 204 g/mol. The first-order chi connectivity index (χ1) is 7.88. The Balaban J connectivity index is 2.67. The Bertz CT molecular complexity index is 261. The van der Waals surface area contributed by atoms with E-state index in [9.17, 15) is 9.59 Å². The third kappa shape index (κ3) is 4.52. The van der Waals surface area contributed by atoms with Gasteiger partial charge in [-0.15, -0.1) is 0 Å². The maximum atomic E-state index is 10.3. The fraction of sp³-hybridized carbons (Fsp3) is 0.833. The van der Waals surface area contributed by atoms with Crippen molar-refractivity contribution in [3.8, 4) is 0 Å². The fourth-order valence-corrected chi connectivity index (χ4v) is 2.24. The van der Waals surface area contributed by atoms with Gasteiger partial charge in [0.25, 0.3) is 0 Å². The van der Waals surface area contributed by atoms with Crippen LogP contribution in [0.4, 0.5) is 0 Å². The quantitative estimate of drug-likeness (QED) is 0.532. The molecular formula is C12H18N2O2. The van der Waals surface area contributed by atoms with Gasteiger partial charge < -0.3 is 0 Å². The molecule has 1 saturated carbocycles. The molecule has 0 radical (unpaired) electrons. The monoisotopic (exact) mass is 222 g/mol. The van der Waals surface area contributed by atoms with Gasteiger partial charge in [-0.1, -0.05) is 38.5 Å². The van der Waals surface area contributed by atoms with Crippen LogP contribution >= 0.6 is 0 Å². The minimum absolute atomic E-state index is 0.169. The van der Waals surface area contributed by atoms with Crippen LogP contribution in [0.1, 0.15) is 51.4 Å². The lowest BCUT2D eigenvalue weighted by molar-refractivity contribution is 0.412. The Hall–Kier alpha value is -1.24. The highest BCUT2D eigenvalue weighted by Gasteiger charge is 2.20. The summed E-state index contributed by atoms with van der Waals surface area (Å²) in [7, 11) is 0. The van der Waals surface area contributed by atoms with Gasteiger partial charge in [0, 0.05) is 0 Å². The lowest BCUT2D eigenvalue weighted by Crippen LogP contribution is -2.23. The van der Waals surface area contributed by atoms with Crippen molar-refractivity contribution in [1.82, 2.24) is 0 Å². The lowest BCUT2D eigenvalue weighted by Gasteiger charge is -2.19. The predicted octanol–water partition coefficient (Wildman–Crippen LogP) is 2.53. The van der Waals surface area contributed by atoms with Crippen molar-refractivity contribution >= 4 is 12.2 Å². The average molecular weight is 222 g/mol. The minimum atomic E-state index is -0.169. The predicted molar refractivity (Wildman–Crippen MR) is 60.8 cm³/mol. The smallest absolute Gasteiger partial charge is 0.211 e. The van der Waals surface area contributed by atoms with Crippen LogP contribution in [0.2, 0.25) is 0 Å². The zero-order valence-corrected chi connectivity index (χ0v) is 9.52. The topological polar surface area (TPSA) is 58.9 Å². The van der Waals surface area contributed by atoms with Crippen molar-refractivity contribution in [2.75, 3.05) is 0 Å². The second-order valence-corrected chi connectivity index (χ2v) is 4.27. The summed E-state index contributed by atoms with van der Waals surface area (Å²) in [5.74, 6) is 0. The lowest BCUT2D eigenvalue weighted by atomic mass is 9.94. The summed E-state index contributed by atoms with van der Waals surface area (Å²) in [6, 6.07) is -0.339. The number of rotatable bonds is 2. The normalized spacial score (nSPS) is 27.2. The molecule has 1 aliphatic rings. The number of aliphatic imine (C=N–C) groups is 2. The number of nitrogens with zero attached hydrogens (tertiary/aromatic N) is 2. The SMILES string of the molecule is O=C=NC1CCCCCCCCC1N=C=O. The van der Waals surface area contributed by atoms with Gasteiger partial charge in [0.1, 0.15) is 0 Å². The van der Waals surface area contributed by atoms with Gasteiger partial charge in [-0.2, -0.15) is 0 Å². The Labute approximate surface area is 95.9 Å². The molecule has 0 aromatic carbocycles. The highest BCUT2D eigenvalue weighted by atomic mass is 16.1. The summed E-state index contributed by atoms with van der Waals surface area (Å²) < 4.78 is 0. The van der Waals surface area contributed by atoms with Crippen molar-refractivity contribution < 1.29 is 9.59 Å². The summed E-state index contributed by atoms with van der Waals surface area (Å²) in [5, 5.41) is 0. The zero-order valence-electron chi connectivity index (χ0n) is 9.52. The summed E-state index contributed by atoms with van der Waals surface area (Å²) >= 11 is 0. The van der Waals surface area contributed by atoms with Crippen molar-refractivity contribution in [1.29, 1.82) is 0 Å². The molecule has 0 bridgehead atoms. The Morgan fingerprint density at radius 1 is 0.688 bits per heavy atom. The Kier molecular flexibility index (Phi) is 6.39. The maximum Gasteiger partial charge on any atom is 0.235 e. The number of isocyanates is 2. The molecule has 2 unspecified atom stereocenters. The molecule has 0 aromatic rings. The molecule has 2 atom stereocenters. The highest BCUT2D eigenvalue weighted by molar-refractivity contribution is 5.36. The van der Waals surface area contributed by atoms with E-state index < -0.39 is 0 Å². The summed E-state index contributed by atoms with van der Waals surface area (Å²) in [4.78, 5) is 28.2. The van der Waals surface area contributed by atoms with E-state index in [0.717, 1.165) is 25.7 Å². The number of carbonyl (C=O) groups excluding carboxylic acids is 2. The summed E-state index contributed by atoms with van der Waals surface area (Å²) in [6.07, 6.45) is 11.8. The minimum Gasteiger partial charge on any atom is -0.211 e. The van der Waals surface area contributed by atoms with Crippen LogP contribution in [-0.4, -0.2) is 24.2 Å². The number of hydrogen-bond acceptors (Lipinski definition) is 4. The van der Waals surface area contributed by atoms with E-state index in [0.29, 0.717) is 0 Å². The van der Waals surface area contributed by atoms with Crippen molar-refractivity contribution in [2.24, 2.45) is 9.98 Å². The van der Waals surface area contributed by atoms with E-state index in [2.05, 4.69) is 9.98 Å². The second kappa shape index (κ2) is 7.98. The molecule has 16 heavy (non-hydrogen) atoms. The van der Waals surface area contributed by atoms with Gasteiger partial charge in [0.05, 0.1) is 12.1 Å². The Morgan fingerprint density at radius 3 is 1.44 bits per heavy atom. The molecule has 4 heteroatoms. The van der Waals surface area contributed by atoms with Crippen LogP contribution < -0.4 is 0 Å². The molecule has 0 aromatic heterocycles. The standard InChI is InChI=1S/C12H18N2O2/c15-9-13-11-7-5-3-1-2-4-6-8-12(11)14-10-16/h11-12H,1-8H2. The molecule has 1 rings (SSSR count). The van der Waals surface area contributed by atoms with E-state index >= 15 is 0 Å². The molecule has 0 amide bonds. The maximum absolute atomic E-state index is 10.3. The molecule has 4 nitrogen and oxygen atoms in total. The van der Waals surface area contributed by atoms with E-state index in [1.165, 1.54) is 25.7 Å². The average Bonchev–Trinajstić information content (AvgIpc) is 2.30. The van der Waals surface area contributed by atoms with E-state index in [4.69, 9.17) is 0 Å². The van der Waals surface area contributed by atoms with Gasteiger partial charge in [0.15, 0.2) is 0 Å². The third-order valence-electron chi connectivity index (χ3n) is 3.13. The molecule has 0 aliphatic heterocycles. The molecule has 1 aliphatic carbocycles. The molecule has 88 valence electrons. The fourth-order valence-electron chi connectivity index (χ4n) is 2.24. The van der Waals surface area contributed by atoms with Crippen LogP contribution in [0.15, 0.2) is 9.98 Å². The van der Waals surface area contributed by atoms with Crippen LogP contribution in [-0.2, 0) is 9.59 Å². The van der Waals surface area contributed by atoms with Crippen molar-refractivity contribution in [3.05, 3.63) is 0 Å². The molecule has 1 fully saturated rings. The van der Waals surface area contributed by atoms with Crippen LogP contribution in [0.25, 0.3) is 0 Å². The van der Waals surface area contributed by atoms with Gasteiger partial charge in [-0.05, 0) is 12.8 Å². The van der Waals surface area contributed by atoms with Crippen LogP contribution in [0, 0.1) is 0 Å². The number of hydrogen-bond donors (Lipinski definition) is 0. The van der Waals surface area contributed by atoms with E-state index in [1.807, 2.05) is 0 Å². The van der Waals surface area contributed by atoms with Crippen molar-refractivity contribution in [3.63, 3.8) is 0 Å². The first-order valence-electron chi connectivity index (χ1n) is 6.02. The van der Waals surface area contributed by atoms with E-state index in [-0.39, 0.29) is 12.1 Å². The van der Waals surface area contributed by atoms with Gasteiger partial charge in [-0.3, -0.25) is 0 Å². The Morgan fingerprint density at radius 2 is 1.06 bits per heavy atom. The largest absolute Gasteiger partial charge is 0.235 e. The summed E-state index contributed by atoms with van der Waals surface area (Å²) in [6.45, 7) is 0. The first kappa shape index (κ1) is 12.8. The van der Waals surface area contributed by atoms with Gasteiger partial charge in [-0.25, -0.2) is 19.6 Å². The summed E-state index contributed by atoms with van der Waals surface area (Å²) in [5.41, 5.74) is 0.